The molecular formula is C24H40. The monoisotopic (exact) mass is 328 g/mol. The summed E-state index contributed by atoms with van der Waals surface area (Å²) in [6, 6.07) is 0. The summed E-state index contributed by atoms with van der Waals surface area (Å²) in [6.45, 7) is 4.81. The van der Waals surface area contributed by atoms with E-state index in [1.54, 1.807) is 24.8 Å². The molecule has 1 unspecified atom stereocenters. The Kier molecular flexibility index (Phi) is 7.05. The molecule has 1 atom stereocenters. The molecule has 2 saturated carbocycles. The van der Waals surface area contributed by atoms with Crippen LogP contribution in [0.3, 0.4) is 0 Å². The molecule has 0 amide bonds. The van der Waals surface area contributed by atoms with Crippen LogP contribution in [-0.4, -0.2) is 0 Å². The van der Waals surface area contributed by atoms with Crippen LogP contribution in [0.5, 0.6) is 0 Å². The summed E-state index contributed by atoms with van der Waals surface area (Å²) in [5.74, 6) is 5.06. The fraction of sp³-hybridized carbons (Fsp3) is 0.833. The number of allylic oxidation sites excluding steroid dienone is 4. The third-order valence-electron chi connectivity index (χ3n) is 7.32. The molecule has 0 aromatic heterocycles. The van der Waals surface area contributed by atoms with E-state index in [1.165, 1.54) is 64.2 Å². The van der Waals surface area contributed by atoms with Crippen molar-refractivity contribution in [1.82, 2.24) is 0 Å². The molecule has 3 rings (SSSR count). The summed E-state index contributed by atoms with van der Waals surface area (Å²) in [5, 5.41) is 0. The highest BCUT2D eigenvalue weighted by atomic mass is 14.3. The molecule has 0 aromatic carbocycles. The summed E-state index contributed by atoms with van der Waals surface area (Å²) < 4.78 is 0. The third kappa shape index (κ3) is 5.24. The maximum absolute atomic E-state index is 2.48. The van der Waals surface area contributed by atoms with Crippen LogP contribution in [0.4, 0.5) is 0 Å². The van der Waals surface area contributed by atoms with Crippen molar-refractivity contribution in [2.45, 2.75) is 97.3 Å². The van der Waals surface area contributed by atoms with Gasteiger partial charge in [-0.15, -0.1) is 0 Å². The van der Waals surface area contributed by atoms with Crippen LogP contribution in [-0.2, 0) is 0 Å². The van der Waals surface area contributed by atoms with Crippen LogP contribution in [0.1, 0.15) is 97.3 Å². The van der Waals surface area contributed by atoms with Crippen molar-refractivity contribution in [2.75, 3.05) is 0 Å². The molecule has 0 aliphatic heterocycles. The van der Waals surface area contributed by atoms with Crippen molar-refractivity contribution >= 4 is 0 Å². The molecule has 0 spiro atoms. The Morgan fingerprint density at radius 1 is 0.917 bits per heavy atom. The van der Waals surface area contributed by atoms with E-state index in [4.69, 9.17) is 0 Å². The molecule has 3 aliphatic carbocycles. The first-order valence-corrected chi connectivity index (χ1v) is 11.1. The van der Waals surface area contributed by atoms with Gasteiger partial charge in [-0.1, -0.05) is 76.2 Å². The maximum Gasteiger partial charge on any atom is -0.0130 e. The van der Waals surface area contributed by atoms with Crippen LogP contribution in [0.15, 0.2) is 23.8 Å². The van der Waals surface area contributed by atoms with E-state index < -0.39 is 0 Å². The van der Waals surface area contributed by atoms with Gasteiger partial charge in [0.05, 0.1) is 0 Å². The average molecular weight is 329 g/mol. The van der Waals surface area contributed by atoms with Crippen molar-refractivity contribution in [3.05, 3.63) is 23.8 Å². The second kappa shape index (κ2) is 9.25. The molecule has 0 N–H and O–H groups in total. The molecule has 0 aromatic rings. The molecule has 0 saturated heterocycles. The van der Waals surface area contributed by atoms with Crippen molar-refractivity contribution in [1.29, 1.82) is 0 Å². The Hall–Kier alpha value is -0.520. The lowest BCUT2D eigenvalue weighted by Crippen LogP contribution is -2.22. The van der Waals surface area contributed by atoms with Gasteiger partial charge in [0, 0.05) is 0 Å². The van der Waals surface area contributed by atoms with Crippen molar-refractivity contribution in [3.8, 4) is 0 Å². The van der Waals surface area contributed by atoms with Crippen molar-refractivity contribution in [3.63, 3.8) is 0 Å². The standard InChI is InChI=1S/C24H40/c1-3-6-19(2)17-20-9-11-21(12-10-20)18-22-13-15-24(16-14-22)23-7-4-5-8-23/h4-5,7,19-22,24H,3,6,8-18H2,1-2H3. The SMILES string of the molecule is CCCC(C)CC1CCC(CC2CCC(C3=CC=CC3)CC2)CC1. The third-order valence-corrected chi connectivity index (χ3v) is 7.32. The minimum Gasteiger partial charge on any atom is -0.0805 e. The molecule has 0 nitrogen and oxygen atoms in total. The molecule has 2 fully saturated rings. The summed E-state index contributed by atoms with van der Waals surface area (Å²) in [4.78, 5) is 0. The molecule has 24 heavy (non-hydrogen) atoms. The second-order valence-electron chi connectivity index (χ2n) is 9.34. The van der Waals surface area contributed by atoms with Crippen LogP contribution < -0.4 is 0 Å². The van der Waals surface area contributed by atoms with Crippen LogP contribution in [0.25, 0.3) is 0 Å². The highest BCUT2D eigenvalue weighted by Crippen LogP contribution is 2.42. The number of hydrogen-bond acceptors (Lipinski definition) is 0. The fourth-order valence-electron chi connectivity index (χ4n) is 5.89. The highest BCUT2D eigenvalue weighted by molar-refractivity contribution is 5.25. The zero-order chi connectivity index (χ0) is 16.8. The van der Waals surface area contributed by atoms with Crippen LogP contribution in [0.2, 0.25) is 0 Å². The highest BCUT2D eigenvalue weighted by Gasteiger charge is 2.28. The summed E-state index contributed by atoms with van der Waals surface area (Å²) in [6.07, 6.45) is 26.2. The molecule has 136 valence electrons. The van der Waals surface area contributed by atoms with E-state index >= 15 is 0 Å². The zero-order valence-electron chi connectivity index (χ0n) is 16.3. The lowest BCUT2D eigenvalue weighted by atomic mass is 9.71. The summed E-state index contributed by atoms with van der Waals surface area (Å²) in [7, 11) is 0. The van der Waals surface area contributed by atoms with Gasteiger partial charge in [-0.2, -0.15) is 0 Å². The van der Waals surface area contributed by atoms with Gasteiger partial charge in [-0.05, 0) is 74.5 Å². The van der Waals surface area contributed by atoms with E-state index in [2.05, 4.69) is 32.1 Å². The van der Waals surface area contributed by atoms with Gasteiger partial charge in [0.2, 0.25) is 0 Å². The normalized spacial score (nSPS) is 35.0. The van der Waals surface area contributed by atoms with Gasteiger partial charge in [0.1, 0.15) is 0 Å². The molecular weight excluding hydrogens is 288 g/mol. The lowest BCUT2D eigenvalue weighted by Gasteiger charge is -2.35. The van der Waals surface area contributed by atoms with Crippen molar-refractivity contribution in [2.24, 2.45) is 29.6 Å². The first-order valence-electron chi connectivity index (χ1n) is 11.1. The smallest absolute Gasteiger partial charge is 0.0130 e. The Labute approximate surface area is 151 Å². The van der Waals surface area contributed by atoms with Gasteiger partial charge >= 0.3 is 0 Å². The van der Waals surface area contributed by atoms with Gasteiger partial charge < -0.3 is 0 Å². The summed E-state index contributed by atoms with van der Waals surface area (Å²) in [5.41, 5.74) is 1.73. The Bertz CT molecular complexity index is 413. The van der Waals surface area contributed by atoms with Gasteiger partial charge in [0.25, 0.3) is 0 Å². The minimum atomic E-state index is 0.923. The largest absolute Gasteiger partial charge is 0.0805 e. The fourth-order valence-corrected chi connectivity index (χ4v) is 5.89. The van der Waals surface area contributed by atoms with E-state index in [1.807, 2.05) is 0 Å². The van der Waals surface area contributed by atoms with Gasteiger partial charge in [-0.3, -0.25) is 0 Å². The topological polar surface area (TPSA) is 0 Å². The van der Waals surface area contributed by atoms with E-state index in [-0.39, 0.29) is 0 Å². The number of hydrogen-bond donors (Lipinski definition) is 0. The Balaban J connectivity index is 1.32. The van der Waals surface area contributed by atoms with E-state index in [0.717, 1.165) is 29.6 Å². The first kappa shape index (κ1) is 18.3. The predicted molar refractivity (Wildman–Crippen MR) is 106 cm³/mol. The Morgan fingerprint density at radius 2 is 1.54 bits per heavy atom. The molecule has 0 radical (unpaired) electrons. The molecule has 0 heteroatoms. The van der Waals surface area contributed by atoms with Crippen LogP contribution in [0, 0.1) is 29.6 Å². The maximum atomic E-state index is 2.48. The molecule has 0 bridgehead atoms. The minimum absolute atomic E-state index is 0.923. The van der Waals surface area contributed by atoms with Crippen molar-refractivity contribution < 1.29 is 0 Å². The first-order chi connectivity index (χ1) is 11.7. The quantitative estimate of drug-likeness (QED) is 0.449. The van der Waals surface area contributed by atoms with E-state index in [0.29, 0.717) is 0 Å². The van der Waals surface area contributed by atoms with Crippen LogP contribution >= 0.6 is 0 Å². The average Bonchev–Trinajstić information content (AvgIpc) is 3.12. The van der Waals surface area contributed by atoms with Gasteiger partial charge in [-0.25, -0.2) is 0 Å². The zero-order valence-corrected chi connectivity index (χ0v) is 16.3. The van der Waals surface area contributed by atoms with E-state index in [9.17, 15) is 0 Å². The molecule has 3 aliphatic rings. The summed E-state index contributed by atoms with van der Waals surface area (Å²) >= 11 is 0. The predicted octanol–water partition coefficient (Wildman–Crippen LogP) is 7.70. The molecule has 0 heterocycles. The van der Waals surface area contributed by atoms with Gasteiger partial charge in [0.15, 0.2) is 0 Å². The Morgan fingerprint density at radius 3 is 2.12 bits per heavy atom. The lowest BCUT2D eigenvalue weighted by molar-refractivity contribution is 0.185. The number of rotatable bonds is 7. The second-order valence-corrected chi connectivity index (χ2v) is 9.34.